The van der Waals surface area contributed by atoms with Crippen molar-refractivity contribution in [3.8, 4) is 0 Å². The number of carboxylic acids is 5. The first-order valence-corrected chi connectivity index (χ1v) is 5.06. The van der Waals surface area contributed by atoms with Gasteiger partial charge in [-0.3, -0.25) is 4.79 Å². The normalized spacial score (nSPS) is 8.36. The molecule has 0 fully saturated rings. The summed E-state index contributed by atoms with van der Waals surface area (Å²) in [5.41, 5.74) is -0.303. The zero-order valence-electron chi connectivity index (χ0n) is 11.1. The summed E-state index contributed by atoms with van der Waals surface area (Å²) in [6.45, 7) is 5.97. The molecule has 0 radical (unpaired) electrons. The maximum Gasteiger partial charge on any atom is 0.331 e. The third kappa shape index (κ3) is 30.0. The van der Waals surface area contributed by atoms with Gasteiger partial charge in [-0.15, -0.1) is 0 Å². The van der Waals surface area contributed by atoms with Crippen LogP contribution in [0.15, 0.2) is 37.0 Å². The smallest absolute Gasteiger partial charge is 0.331 e. The van der Waals surface area contributed by atoms with Crippen LogP contribution in [0, 0.1) is 0 Å². The summed E-state index contributed by atoms with van der Waals surface area (Å²) in [5.74, 6) is -5.94. The van der Waals surface area contributed by atoms with E-state index in [2.05, 4.69) is 13.2 Å². The summed E-state index contributed by atoms with van der Waals surface area (Å²) in [5, 5.41) is 39.3. The largest absolute Gasteiger partial charge is 0.481 e. The predicted octanol–water partition coefficient (Wildman–Crippen LogP) is 0.0707. The maximum atomic E-state index is 9.87. The molecular formula is C12H14O10. The topological polar surface area (TPSA) is 186 Å². The second kappa shape index (κ2) is 14.0. The van der Waals surface area contributed by atoms with Crippen molar-refractivity contribution in [3.63, 3.8) is 0 Å². The van der Waals surface area contributed by atoms with Gasteiger partial charge < -0.3 is 25.5 Å². The molecule has 0 bridgehead atoms. The molecule has 0 saturated heterocycles. The summed E-state index contributed by atoms with van der Waals surface area (Å²) in [6, 6.07) is 0. The number of carbonyl (C=O) groups is 5. The SMILES string of the molecule is C=C(CC(=O)O)C(=O)O.C=CC(=O)O.O=C(O)C=CC(=O)O. The van der Waals surface area contributed by atoms with Crippen LogP contribution in [0.5, 0.6) is 0 Å². The Labute approximate surface area is 123 Å². The van der Waals surface area contributed by atoms with Gasteiger partial charge in [0.1, 0.15) is 0 Å². The van der Waals surface area contributed by atoms with Crippen LogP contribution in [0.3, 0.4) is 0 Å². The van der Waals surface area contributed by atoms with Gasteiger partial charge in [-0.1, -0.05) is 13.2 Å². The van der Waals surface area contributed by atoms with Crippen molar-refractivity contribution in [2.24, 2.45) is 0 Å². The van der Waals surface area contributed by atoms with E-state index in [1.807, 2.05) is 0 Å². The molecule has 0 heterocycles. The van der Waals surface area contributed by atoms with Crippen molar-refractivity contribution in [1.29, 1.82) is 0 Å². The zero-order valence-corrected chi connectivity index (χ0v) is 11.1. The van der Waals surface area contributed by atoms with E-state index in [1.165, 1.54) is 0 Å². The Bertz CT molecular complexity index is 470. The average molecular weight is 318 g/mol. The summed E-state index contributed by atoms with van der Waals surface area (Å²) >= 11 is 0. The Hall–Kier alpha value is -3.43. The summed E-state index contributed by atoms with van der Waals surface area (Å²) < 4.78 is 0. The van der Waals surface area contributed by atoms with Crippen LogP contribution >= 0.6 is 0 Å². The molecule has 0 atom stereocenters. The lowest BCUT2D eigenvalue weighted by atomic mass is 10.2. The van der Waals surface area contributed by atoms with Crippen molar-refractivity contribution in [2.45, 2.75) is 6.42 Å². The highest BCUT2D eigenvalue weighted by Crippen LogP contribution is 1.95. The molecule has 122 valence electrons. The lowest BCUT2D eigenvalue weighted by molar-refractivity contribution is -0.139. The number of carboxylic acid groups (broad SMARTS) is 5. The first kappa shape index (κ1) is 23.6. The highest BCUT2D eigenvalue weighted by Gasteiger charge is 2.07. The van der Waals surface area contributed by atoms with E-state index in [1.54, 1.807) is 0 Å². The number of hydrogen-bond acceptors (Lipinski definition) is 5. The monoisotopic (exact) mass is 318 g/mol. The zero-order chi connectivity index (χ0) is 18.3. The van der Waals surface area contributed by atoms with Gasteiger partial charge in [-0.2, -0.15) is 0 Å². The van der Waals surface area contributed by atoms with E-state index in [4.69, 9.17) is 25.5 Å². The van der Waals surface area contributed by atoms with Gasteiger partial charge in [0.25, 0.3) is 0 Å². The van der Waals surface area contributed by atoms with Crippen LogP contribution in [-0.4, -0.2) is 55.4 Å². The minimum absolute atomic E-state index is 0.303. The maximum absolute atomic E-state index is 9.87. The number of hydrogen-bond donors (Lipinski definition) is 5. The quantitative estimate of drug-likeness (QED) is 0.419. The van der Waals surface area contributed by atoms with Crippen LogP contribution in [0.2, 0.25) is 0 Å². The van der Waals surface area contributed by atoms with Gasteiger partial charge in [0, 0.05) is 23.8 Å². The van der Waals surface area contributed by atoms with E-state index in [0.29, 0.717) is 12.2 Å². The van der Waals surface area contributed by atoms with E-state index >= 15 is 0 Å². The molecule has 0 amide bonds. The van der Waals surface area contributed by atoms with Gasteiger partial charge in [0.2, 0.25) is 0 Å². The van der Waals surface area contributed by atoms with Crippen LogP contribution in [0.1, 0.15) is 6.42 Å². The Kier molecular flexibility index (Phi) is 15.0. The summed E-state index contributed by atoms with van der Waals surface area (Å²) in [7, 11) is 0. The molecule has 0 unspecified atom stereocenters. The molecule has 0 aromatic heterocycles. The third-order valence-corrected chi connectivity index (χ3v) is 1.21. The molecule has 0 saturated carbocycles. The van der Waals surface area contributed by atoms with Crippen LogP contribution in [0.4, 0.5) is 0 Å². The van der Waals surface area contributed by atoms with Gasteiger partial charge in [0.05, 0.1) is 6.42 Å². The molecular weight excluding hydrogens is 304 g/mol. The third-order valence-electron chi connectivity index (χ3n) is 1.21. The molecule has 0 aromatic carbocycles. The molecule has 22 heavy (non-hydrogen) atoms. The molecule has 0 spiro atoms. The predicted molar refractivity (Wildman–Crippen MR) is 71.3 cm³/mol. The van der Waals surface area contributed by atoms with E-state index in [0.717, 1.165) is 6.08 Å². The fraction of sp³-hybridized carbons (Fsp3) is 0.0833. The van der Waals surface area contributed by atoms with Crippen molar-refractivity contribution in [2.75, 3.05) is 0 Å². The minimum atomic E-state index is -1.27. The Morgan fingerprint density at radius 1 is 0.773 bits per heavy atom. The fourth-order valence-electron chi connectivity index (χ4n) is 0.401. The van der Waals surface area contributed by atoms with Crippen LogP contribution in [0.25, 0.3) is 0 Å². The molecule has 0 aliphatic rings. The molecule has 10 heteroatoms. The second-order valence-corrected chi connectivity index (χ2v) is 3.03. The van der Waals surface area contributed by atoms with Gasteiger partial charge in [0.15, 0.2) is 0 Å². The lowest BCUT2D eigenvalue weighted by Crippen LogP contribution is -2.04. The van der Waals surface area contributed by atoms with Crippen molar-refractivity contribution in [3.05, 3.63) is 37.0 Å². The van der Waals surface area contributed by atoms with Crippen LogP contribution < -0.4 is 0 Å². The first-order valence-electron chi connectivity index (χ1n) is 5.06. The average Bonchev–Trinajstić information content (AvgIpc) is 2.36. The van der Waals surface area contributed by atoms with E-state index in [9.17, 15) is 24.0 Å². The van der Waals surface area contributed by atoms with Crippen molar-refractivity contribution < 1.29 is 49.5 Å². The van der Waals surface area contributed by atoms with Gasteiger partial charge in [-0.05, 0) is 0 Å². The first-order chi connectivity index (χ1) is 9.93. The Balaban J connectivity index is -0.000000257. The number of aliphatic carboxylic acids is 5. The fourth-order valence-corrected chi connectivity index (χ4v) is 0.401. The van der Waals surface area contributed by atoms with Crippen LogP contribution in [-0.2, 0) is 24.0 Å². The van der Waals surface area contributed by atoms with Gasteiger partial charge in [-0.25, -0.2) is 19.2 Å². The summed E-state index contributed by atoms with van der Waals surface area (Å²) in [4.78, 5) is 48.0. The molecule has 10 nitrogen and oxygen atoms in total. The van der Waals surface area contributed by atoms with Gasteiger partial charge >= 0.3 is 29.8 Å². The molecule has 0 rings (SSSR count). The number of rotatable bonds is 6. The standard InChI is InChI=1S/C5H6O4.C4H4O4.C3H4O2/c1-3(5(8)9)2-4(6)7;5-3(6)1-2-4(7)8;1-2-3(4)5/h1-2H2,(H,6,7)(H,8,9);1-2H,(H,5,6)(H,7,8);2H,1H2,(H,4,5). The van der Waals surface area contributed by atoms with Crippen molar-refractivity contribution in [1.82, 2.24) is 0 Å². The minimum Gasteiger partial charge on any atom is -0.481 e. The summed E-state index contributed by atoms with van der Waals surface area (Å²) in [6.07, 6.45) is 1.44. The molecule has 0 aliphatic carbocycles. The van der Waals surface area contributed by atoms with E-state index < -0.39 is 36.3 Å². The van der Waals surface area contributed by atoms with E-state index in [-0.39, 0.29) is 5.57 Å². The van der Waals surface area contributed by atoms with Crippen molar-refractivity contribution >= 4 is 29.8 Å². The highest BCUT2D eigenvalue weighted by atomic mass is 16.4. The lowest BCUT2D eigenvalue weighted by Gasteiger charge is -1.91. The highest BCUT2D eigenvalue weighted by molar-refractivity contribution is 5.91. The Morgan fingerprint density at radius 2 is 1.09 bits per heavy atom. The molecule has 5 N–H and O–H groups in total. The second-order valence-electron chi connectivity index (χ2n) is 3.03. The molecule has 0 aromatic rings. The Morgan fingerprint density at radius 3 is 1.18 bits per heavy atom. The molecule has 0 aliphatic heterocycles.